The van der Waals surface area contributed by atoms with E-state index in [1.807, 2.05) is 30.3 Å². The molecule has 7 nitrogen and oxygen atoms in total. The Kier molecular flexibility index (Phi) is 5.80. The summed E-state index contributed by atoms with van der Waals surface area (Å²) in [5.41, 5.74) is 1.85. The Hall–Kier alpha value is -2.93. The number of carbonyl (C=O) groups is 2. The Balaban J connectivity index is 1.81. The molecule has 1 aromatic carbocycles. The summed E-state index contributed by atoms with van der Waals surface area (Å²) < 4.78 is 10.0. The third-order valence-corrected chi connectivity index (χ3v) is 4.15. The van der Waals surface area contributed by atoms with Crippen molar-refractivity contribution in [2.45, 2.75) is 6.54 Å². The van der Waals surface area contributed by atoms with E-state index in [0.29, 0.717) is 44.1 Å². The predicted octanol–water partition coefficient (Wildman–Crippen LogP) is 2.33. The van der Waals surface area contributed by atoms with Crippen LogP contribution < -0.4 is 4.90 Å². The van der Waals surface area contributed by atoms with Crippen molar-refractivity contribution in [3.63, 3.8) is 0 Å². The first-order valence-electron chi connectivity index (χ1n) is 8.41. The van der Waals surface area contributed by atoms with Gasteiger partial charge in [-0.25, -0.2) is 9.59 Å². The minimum absolute atomic E-state index is 0.0849. The molecule has 0 atom stereocenters. The molecular formula is C19H21N3O4. The van der Waals surface area contributed by atoms with Gasteiger partial charge >= 0.3 is 12.0 Å². The number of benzene rings is 1. The molecule has 1 aromatic heterocycles. The average molecular weight is 355 g/mol. The molecule has 2 amide bonds. The van der Waals surface area contributed by atoms with Gasteiger partial charge in [-0.15, -0.1) is 0 Å². The van der Waals surface area contributed by atoms with Crippen molar-refractivity contribution in [2.24, 2.45) is 0 Å². The standard InChI is InChI=1S/C19H21N3O4/c1-25-18(23)15-7-8-16(20-13-15)14-22(17-5-3-2-4-6-17)19(24)21-9-11-26-12-10-21/h2-8,13H,9-12,14H2,1H3. The van der Waals surface area contributed by atoms with Crippen LogP contribution in [-0.2, 0) is 16.0 Å². The number of methoxy groups -OCH3 is 1. The number of nitrogens with zero attached hydrogens (tertiary/aromatic N) is 3. The van der Waals surface area contributed by atoms with Crippen LogP contribution in [0.15, 0.2) is 48.7 Å². The summed E-state index contributed by atoms with van der Waals surface area (Å²) in [5, 5.41) is 0. The van der Waals surface area contributed by atoms with Gasteiger partial charge in [-0.2, -0.15) is 0 Å². The molecular weight excluding hydrogens is 334 g/mol. The Morgan fingerprint density at radius 1 is 1.15 bits per heavy atom. The van der Waals surface area contributed by atoms with Crippen LogP contribution in [0.3, 0.4) is 0 Å². The normalized spacial score (nSPS) is 14.0. The van der Waals surface area contributed by atoms with Gasteiger partial charge in [-0.05, 0) is 24.3 Å². The summed E-state index contributed by atoms with van der Waals surface area (Å²) in [6.45, 7) is 2.52. The van der Waals surface area contributed by atoms with Crippen LogP contribution in [0, 0.1) is 0 Å². The SMILES string of the molecule is COC(=O)c1ccc(CN(C(=O)N2CCOCC2)c2ccccc2)nc1. The number of rotatable bonds is 4. The summed E-state index contributed by atoms with van der Waals surface area (Å²) >= 11 is 0. The predicted molar refractivity (Wildman–Crippen MR) is 96.0 cm³/mol. The topological polar surface area (TPSA) is 72.0 Å². The fourth-order valence-electron chi connectivity index (χ4n) is 2.72. The van der Waals surface area contributed by atoms with E-state index in [2.05, 4.69) is 9.72 Å². The number of esters is 1. The zero-order chi connectivity index (χ0) is 18.4. The largest absolute Gasteiger partial charge is 0.465 e. The van der Waals surface area contributed by atoms with E-state index >= 15 is 0 Å². The number of urea groups is 1. The number of aromatic nitrogens is 1. The highest BCUT2D eigenvalue weighted by molar-refractivity contribution is 5.92. The van der Waals surface area contributed by atoms with Crippen LogP contribution in [-0.4, -0.2) is 55.3 Å². The van der Waals surface area contributed by atoms with Crippen LogP contribution in [0.4, 0.5) is 10.5 Å². The number of anilines is 1. The third kappa shape index (κ3) is 4.18. The van der Waals surface area contributed by atoms with Crippen molar-refractivity contribution in [3.05, 3.63) is 59.9 Å². The van der Waals surface area contributed by atoms with Crippen molar-refractivity contribution in [1.29, 1.82) is 0 Å². The summed E-state index contributed by atoms with van der Waals surface area (Å²) in [7, 11) is 1.33. The zero-order valence-electron chi connectivity index (χ0n) is 14.6. The van der Waals surface area contributed by atoms with Gasteiger partial charge < -0.3 is 14.4 Å². The Morgan fingerprint density at radius 3 is 2.50 bits per heavy atom. The van der Waals surface area contributed by atoms with Crippen molar-refractivity contribution in [2.75, 3.05) is 38.3 Å². The summed E-state index contributed by atoms with van der Waals surface area (Å²) in [4.78, 5) is 32.3. The van der Waals surface area contributed by atoms with Crippen LogP contribution in [0.25, 0.3) is 0 Å². The van der Waals surface area contributed by atoms with Gasteiger partial charge in [-0.1, -0.05) is 18.2 Å². The molecule has 3 rings (SSSR count). The van der Waals surface area contributed by atoms with Gasteiger partial charge in [0.15, 0.2) is 0 Å². The lowest BCUT2D eigenvalue weighted by Crippen LogP contribution is -2.48. The molecule has 0 spiro atoms. The van der Waals surface area contributed by atoms with E-state index in [4.69, 9.17) is 4.74 Å². The molecule has 7 heteroatoms. The number of hydrogen-bond acceptors (Lipinski definition) is 5. The minimum Gasteiger partial charge on any atom is -0.465 e. The van der Waals surface area contributed by atoms with Crippen LogP contribution in [0.2, 0.25) is 0 Å². The highest BCUT2D eigenvalue weighted by Gasteiger charge is 2.24. The van der Waals surface area contributed by atoms with E-state index in [1.54, 1.807) is 21.9 Å². The second-order valence-electron chi connectivity index (χ2n) is 5.83. The first-order valence-corrected chi connectivity index (χ1v) is 8.41. The maximum Gasteiger partial charge on any atom is 0.339 e. The zero-order valence-corrected chi connectivity index (χ0v) is 14.6. The molecule has 2 heterocycles. The average Bonchev–Trinajstić information content (AvgIpc) is 2.72. The number of ether oxygens (including phenoxy) is 2. The smallest absolute Gasteiger partial charge is 0.339 e. The van der Waals surface area contributed by atoms with E-state index in [9.17, 15) is 9.59 Å². The fraction of sp³-hybridized carbons (Fsp3) is 0.316. The number of para-hydroxylation sites is 1. The quantitative estimate of drug-likeness (QED) is 0.787. The lowest BCUT2D eigenvalue weighted by Gasteiger charge is -2.33. The lowest BCUT2D eigenvalue weighted by atomic mass is 10.2. The lowest BCUT2D eigenvalue weighted by molar-refractivity contribution is 0.0548. The molecule has 0 bridgehead atoms. The molecule has 0 aliphatic carbocycles. The van der Waals surface area contributed by atoms with Gasteiger partial charge in [0.25, 0.3) is 0 Å². The third-order valence-electron chi connectivity index (χ3n) is 4.15. The van der Waals surface area contributed by atoms with Crippen molar-refractivity contribution >= 4 is 17.7 Å². The molecule has 0 saturated carbocycles. The highest BCUT2D eigenvalue weighted by atomic mass is 16.5. The first-order chi connectivity index (χ1) is 12.7. The summed E-state index contributed by atoms with van der Waals surface area (Å²) in [6.07, 6.45) is 1.46. The van der Waals surface area contributed by atoms with Crippen LogP contribution >= 0.6 is 0 Å². The number of amides is 2. The van der Waals surface area contributed by atoms with E-state index < -0.39 is 5.97 Å². The maximum absolute atomic E-state index is 13.0. The van der Waals surface area contributed by atoms with Gasteiger partial charge in [-0.3, -0.25) is 9.88 Å². The van der Waals surface area contributed by atoms with E-state index in [-0.39, 0.29) is 6.03 Å². The molecule has 26 heavy (non-hydrogen) atoms. The summed E-state index contributed by atoms with van der Waals surface area (Å²) in [5.74, 6) is -0.437. The van der Waals surface area contributed by atoms with Gasteiger partial charge in [0.1, 0.15) is 0 Å². The molecule has 0 radical (unpaired) electrons. The number of pyridine rings is 1. The van der Waals surface area contributed by atoms with Crippen molar-refractivity contribution < 1.29 is 19.1 Å². The molecule has 0 unspecified atom stereocenters. The van der Waals surface area contributed by atoms with Gasteiger partial charge in [0.05, 0.1) is 38.1 Å². The molecule has 0 N–H and O–H groups in total. The monoisotopic (exact) mass is 355 g/mol. The molecule has 2 aromatic rings. The number of hydrogen-bond donors (Lipinski definition) is 0. The van der Waals surface area contributed by atoms with Crippen molar-refractivity contribution in [1.82, 2.24) is 9.88 Å². The second kappa shape index (κ2) is 8.44. The summed E-state index contributed by atoms with van der Waals surface area (Å²) in [6, 6.07) is 12.8. The number of morpholine rings is 1. The fourth-order valence-corrected chi connectivity index (χ4v) is 2.72. The first kappa shape index (κ1) is 17.9. The molecule has 136 valence electrons. The minimum atomic E-state index is -0.437. The highest BCUT2D eigenvalue weighted by Crippen LogP contribution is 2.19. The van der Waals surface area contributed by atoms with Crippen LogP contribution in [0.1, 0.15) is 16.1 Å². The van der Waals surface area contributed by atoms with Gasteiger partial charge in [0.2, 0.25) is 0 Å². The number of carbonyl (C=O) groups excluding carboxylic acids is 2. The Labute approximate surface area is 152 Å². The van der Waals surface area contributed by atoms with E-state index in [0.717, 1.165) is 5.69 Å². The maximum atomic E-state index is 13.0. The van der Waals surface area contributed by atoms with Crippen molar-refractivity contribution in [3.8, 4) is 0 Å². The Morgan fingerprint density at radius 2 is 1.88 bits per heavy atom. The van der Waals surface area contributed by atoms with Crippen LogP contribution in [0.5, 0.6) is 0 Å². The molecule has 1 aliphatic heterocycles. The molecule has 1 fully saturated rings. The Bertz CT molecular complexity index is 743. The molecule has 1 saturated heterocycles. The molecule has 1 aliphatic rings. The van der Waals surface area contributed by atoms with E-state index in [1.165, 1.54) is 13.3 Å². The van der Waals surface area contributed by atoms with Gasteiger partial charge in [0, 0.05) is 25.0 Å². The second-order valence-corrected chi connectivity index (χ2v) is 5.83.